The molecule has 1 heterocycles. The predicted molar refractivity (Wildman–Crippen MR) is 72.2 cm³/mol. The van der Waals surface area contributed by atoms with Gasteiger partial charge >= 0.3 is 0 Å². The van der Waals surface area contributed by atoms with E-state index in [9.17, 15) is 9.59 Å². The fourth-order valence-electron chi connectivity index (χ4n) is 2.42. The second kappa shape index (κ2) is 6.22. The number of hydrogen-bond acceptors (Lipinski definition) is 4. The number of hydrogen-bond donors (Lipinski definition) is 2. The Morgan fingerprint density at radius 1 is 1.39 bits per heavy atom. The van der Waals surface area contributed by atoms with Gasteiger partial charge in [0.15, 0.2) is 5.17 Å². The largest absolute Gasteiger partial charge is 0.378 e. The van der Waals surface area contributed by atoms with Gasteiger partial charge in [-0.25, -0.2) is 0 Å². The molecule has 0 saturated heterocycles. The van der Waals surface area contributed by atoms with Gasteiger partial charge in [-0.05, 0) is 18.8 Å². The monoisotopic (exact) mass is 269 g/mol. The maximum atomic E-state index is 11.7. The number of rotatable bonds is 4. The number of carbonyl (C=O) groups excluding carboxylic acids is 2. The van der Waals surface area contributed by atoms with Crippen LogP contribution in [0.4, 0.5) is 0 Å². The van der Waals surface area contributed by atoms with Gasteiger partial charge in [0.25, 0.3) is 5.91 Å². The fraction of sp³-hybridized carbons (Fsp3) is 0.750. The van der Waals surface area contributed by atoms with E-state index < -0.39 is 5.25 Å². The highest BCUT2D eigenvalue weighted by atomic mass is 32.2. The van der Waals surface area contributed by atoms with E-state index in [1.54, 1.807) is 0 Å². The van der Waals surface area contributed by atoms with Crippen LogP contribution in [0.3, 0.4) is 0 Å². The normalized spacial score (nSPS) is 25.0. The van der Waals surface area contributed by atoms with Crippen LogP contribution in [0, 0.1) is 5.92 Å². The minimum atomic E-state index is -0.420. The molecule has 1 unspecified atom stereocenters. The molecule has 2 amide bonds. The van der Waals surface area contributed by atoms with E-state index in [2.05, 4.69) is 10.3 Å². The summed E-state index contributed by atoms with van der Waals surface area (Å²) >= 11 is 1.18. The van der Waals surface area contributed by atoms with Crippen molar-refractivity contribution in [1.82, 2.24) is 5.32 Å². The highest BCUT2D eigenvalue weighted by Gasteiger charge is 2.29. The van der Waals surface area contributed by atoms with Crippen molar-refractivity contribution in [1.29, 1.82) is 0 Å². The van der Waals surface area contributed by atoms with E-state index in [4.69, 9.17) is 5.73 Å². The zero-order valence-corrected chi connectivity index (χ0v) is 11.2. The van der Waals surface area contributed by atoms with Gasteiger partial charge in [0.1, 0.15) is 5.25 Å². The van der Waals surface area contributed by atoms with Gasteiger partial charge in [-0.1, -0.05) is 31.0 Å². The lowest BCUT2D eigenvalue weighted by Crippen LogP contribution is -2.32. The first kappa shape index (κ1) is 13.4. The number of carbonyl (C=O) groups is 2. The van der Waals surface area contributed by atoms with Crippen molar-refractivity contribution in [3.05, 3.63) is 0 Å². The molecule has 1 aliphatic heterocycles. The van der Waals surface area contributed by atoms with Crippen LogP contribution in [0.15, 0.2) is 4.99 Å². The second-order valence-corrected chi connectivity index (χ2v) is 6.13. The van der Waals surface area contributed by atoms with Crippen LogP contribution in [0.5, 0.6) is 0 Å². The lowest BCUT2D eigenvalue weighted by Gasteiger charge is -2.21. The highest BCUT2D eigenvalue weighted by Crippen LogP contribution is 2.24. The summed E-state index contributed by atoms with van der Waals surface area (Å²) in [4.78, 5) is 26.7. The number of thioether (sulfide) groups is 1. The molecule has 5 nitrogen and oxygen atoms in total. The molecule has 1 aliphatic carbocycles. The topological polar surface area (TPSA) is 84.5 Å². The van der Waals surface area contributed by atoms with Gasteiger partial charge in [-0.15, -0.1) is 0 Å². The van der Waals surface area contributed by atoms with Crippen LogP contribution in [0.1, 0.15) is 38.5 Å². The number of amides is 2. The predicted octanol–water partition coefficient (Wildman–Crippen LogP) is 1.03. The molecule has 0 aromatic rings. The Hall–Kier alpha value is -1.04. The standard InChI is InChI=1S/C12H19N3O2S/c13-12-15-11(17)9(18-12)6-10(16)14-7-8-4-2-1-3-5-8/h8-9H,1-7H2,(H,14,16)(H2,13,15,17). The summed E-state index contributed by atoms with van der Waals surface area (Å²) < 4.78 is 0. The summed E-state index contributed by atoms with van der Waals surface area (Å²) in [6.07, 6.45) is 6.43. The molecule has 100 valence electrons. The van der Waals surface area contributed by atoms with Crippen molar-refractivity contribution in [3.63, 3.8) is 0 Å². The van der Waals surface area contributed by atoms with Crippen molar-refractivity contribution < 1.29 is 9.59 Å². The number of aliphatic imine (C=N–C) groups is 1. The molecule has 1 fully saturated rings. The smallest absolute Gasteiger partial charge is 0.262 e. The van der Waals surface area contributed by atoms with Gasteiger partial charge in [0, 0.05) is 13.0 Å². The second-order valence-electron chi connectivity index (χ2n) is 4.91. The summed E-state index contributed by atoms with van der Waals surface area (Å²) in [5.74, 6) is 0.248. The molecule has 0 aromatic heterocycles. The minimum absolute atomic E-state index is 0.0728. The average molecular weight is 269 g/mol. The summed E-state index contributed by atoms with van der Waals surface area (Å²) in [6.45, 7) is 0.737. The molecule has 0 aromatic carbocycles. The van der Waals surface area contributed by atoms with E-state index in [0.717, 1.165) is 6.54 Å². The number of amidine groups is 1. The van der Waals surface area contributed by atoms with Gasteiger partial charge in [-0.3, -0.25) is 9.59 Å². The molecule has 18 heavy (non-hydrogen) atoms. The first-order valence-electron chi connectivity index (χ1n) is 6.46. The van der Waals surface area contributed by atoms with Crippen LogP contribution in [0.25, 0.3) is 0 Å². The molecule has 0 radical (unpaired) electrons. The van der Waals surface area contributed by atoms with E-state index >= 15 is 0 Å². The maximum Gasteiger partial charge on any atom is 0.262 e. The summed E-state index contributed by atoms with van der Waals surface area (Å²) in [7, 11) is 0. The van der Waals surface area contributed by atoms with Gasteiger partial charge < -0.3 is 11.1 Å². The molecule has 1 saturated carbocycles. The summed E-state index contributed by atoms with van der Waals surface area (Å²) in [6, 6.07) is 0. The quantitative estimate of drug-likeness (QED) is 0.798. The van der Waals surface area contributed by atoms with Gasteiger partial charge in [0.2, 0.25) is 5.91 Å². The Kier molecular flexibility index (Phi) is 4.63. The number of nitrogens with zero attached hydrogens (tertiary/aromatic N) is 1. The van der Waals surface area contributed by atoms with Gasteiger partial charge in [0.05, 0.1) is 0 Å². The van der Waals surface area contributed by atoms with E-state index in [1.165, 1.54) is 43.9 Å². The molecule has 3 N–H and O–H groups in total. The maximum absolute atomic E-state index is 11.7. The summed E-state index contributed by atoms with van der Waals surface area (Å²) in [5.41, 5.74) is 5.44. The van der Waals surface area contributed by atoms with E-state index in [-0.39, 0.29) is 23.4 Å². The molecule has 0 spiro atoms. The zero-order valence-electron chi connectivity index (χ0n) is 10.4. The molecule has 6 heteroatoms. The Bertz CT molecular complexity index is 364. The first-order valence-corrected chi connectivity index (χ1v) is 7.34. The van der Waals surface area contributed by atoms with Crippen LogP contribution in [0.2, 0.25) is 0 Å². The number of nitrogens with two attached hydrogens (primary N) is 1. The van der Waals surface area contributed by atoms with E-state index in [1.807, 2.05) is 0 Å². The van der Waals surface area contributed by atoms with Crippen molar-refractivity contribution in [2.45, 2.75) is 43.8 Å². The molecular formula is C12H19N3O2S. The molecular weight excluding hydrogens is 250 g/mol. The Morgan fingerprint density at radius 2 is 2.11 bits per heavy atom. The third-order valence-corrected chi connectivity index (χ3v) is 4.43. The highest BCUT2D eigenvalue weighted by molar-refractivity contribution is 8.15. The third-order valence-electron chi connectivity index (χ3n) is 3.44. The van der Waals surface area contributed by atoms with Crippen molar-refractivity contribution in [2.75, 3.05) is 6.54 Å². The van der Waals surface area contributed by atoms with Gasteiger partial charge in [-0.2, -0.15) is 4.99 Å². The van der Waals surface area contributed by atoms with Crippen LogP contribution in [-0.4, -0.2) is 28.8 Å². The lowest BCUT2D eigenvalue weighted by atomic mass is 9.89. The number of nitrogens with one attached hydrogen (secondary N) is 1. The van der Waals surface area contributed by atoms with Crippen molar-refractivity contribution in [3.8, 4) is 0 Å². The zero-order chi connectivity index (χ0) is 13.0. The van der Waals surface area contributed by atoms with Crippen molar-refractivity contribution in [2.24, 2.45) is 16.6 Å². The van der Waals surface area contributed by atoms with Crippen LogP contribution >= 0.6 is 11.8 Å². The fourth-order valence-corrected chi connectivity index (χ4v) is 3.24. The minimum Gasteiger partial charge on any atom is -0.378 e. The SMILES string of the molecule is NC1=NC(=O)C(CC(=O)NCC2CCCCC2)S1. The molecule has 2 aliphatic rings. The Balaban J connectivity index is 1.67. The van der Waals surface area contributed by atoms with Crippen LogP contribution < -0.4 is 11.1 Å². The van der Waals surface area contributed by atoms with E-state index in [0.29, 0.717) is 5.92 Å². The Morgan fingerprint density at radius 3 is 2.72 bits per heavy atom. The lowest BCUT2D eigenvalue weighted by molar-refractivity contribution is -0.124. The molecule has 2 rings (SSSR count). The first-order chi connectivity index (χ1) is 8.65. The third kappa shape index (κ3) is 3.73. The average Bonchev–Trinajstić information content (AvgIpc) is 2.67. The Labute approximate surface area is 111 Å². The molecule has 0 bridgehead atoms. The van der Waals surface area contributed by atoms with Crippen LogP contribution in [-0.2, 0) is 9.59 Å². The van der Waals surface area contributed by atoms with Crippen molar-refractivity contribution >= 4 is 28.7 Å². The summed E-state index contributed by atoms with van der Waals surface area (Å²) in [5, 5.41) is 2.77. The molecule has 1 atom stereocenters.